The van der Waals surface area contributed by atoms with Crippen LogP contribution in [0.15, 0.2) is 30.5 Å². The number of aliphatic hydroxyl groups excluding tert-OH is 1. The summed E-state index contributed by atoms with van der Waals surface area (Å²) >= 11 is 0. The van der Waals surface area contributed by atoms with Crippen LogP contribution in [0, 0.1) is 0 Å². The minimum absolute atomic E-state index is 0.0103. The van der Waals surface area contributed by atoms with Crippen molar-refractivity contribution >= 4 is 29.3 Å². The highest BCUT2D eigenvalue weighted by molar-refractivity contribution is 6.05. The number of carbonyl (C=O) groups excluding carboxylic acids is 2. The summed E-state index contributed by atoms with van der Waals surface area (Å²) in [7, 11) is 0. The molecule has 0 saturated carbocycles. The monoisotopic (exact) mass is 494 g/mol. The Morgan fingerprint density at radius 3 is 2.86 bits per heavy atom. The molecule has 4 rings (SSSR count). The zero-order valence-electron chi connectivity index (χ0n) is 18.9. The van der Waals surface area contributed by atoms with Gasteiger partial charge < -0.3 is 20.1 Å². The Kier molecular flexibility index (Phi) is 6.96. The molecule has 2 aliphatic heterocycles. The first-order valence-corrected chi connectivity index (χ1v) is 11.1. The summed E-state index contributed by atoms with van der Waals surface area (Å²) in [5.41, 5.74) is 0.390. The molecular weight excluding hydrogens is 469 g/mol. The maximum Gasteiger partial charge on any atom is 0.408 e. The van der Waals surface area contributed by atoms with E-state index in [-0.39, 0.29) is 30.0 Å². The van der Waals surface area contributed by atoms with E-state index < -0.39 is 24.2 Å². The molecule has 0 spiro atoms. The van der Waals surface area contributed by atoms with Crippen LogP contribution in [-0.2, 0) is 0 Å². The van der Waals surface area contributed by atoms with E-state index in [1.807, 2.05) is 10.2 Å². The summed E-state index contributed by atoms with van der Waals surface area (Å²) in [6, 6.07) is 3.28. The van der Waals surface area contributed by atoms with Gasteiger partial charge in [0, 0.05) is 38.4 Å². The van der Waals surface area contributed by atoms with Gasteiger partial charge in [0.25, 0.3) is 5.91 Å². The lowest BCUT2D eigenvalue weighted by atomic mass is 10.1. The van der Waals surface area contributed by atoms with Gasteiger partial charge in [-0.3, -0.25) is 15.0 Å². The second kappa shape index (κ2) is 9.94. The van der Waals surface area contributed by atoms with Crippen molar-refractivity contribution in [1.29, 1.82) is 0 Å². The number of aromatic nitrogens is 2. The Balaban J connectivity index is 1.56. The molecule has 4 heterocycles. The molecule has 10 nitrogen and oxygen atoms in total. The van der Waals surface area contributed by atoms with Gasteiger partial charge in [0.2, 0.25) is 0 Å². The first-order chi connectivity index (χ1) is 16.7. The Bertz CT molecular complexity index is 1100. The predicted molar refractivity (Wildman–Crippen MR) is 121 cm³/mol. The summed E-state index contributed by atoms with van der Waals surface area (Å²) in [5, 5.41) is 13.5. The molecule has 1 unspecified atom stereocenters. The zero-order chi connectivity index (χ0) is 25.2. The van der Waals surface area contributed by atoms with Crippen molar-refractivity contribution in [2.75, 3.05) is 41.4 Å². The van der Waals surface area contributed by atoms with Crippen LogP contribution in [0.3, 0.4) is 0 Å². The Morgan fingerprint density at radius 1 is 1.31 bits per heavy atom. The van der Waals surface area contributed by atoms with Crippen molar-refractivity contribution < 1.29 is 32.6 Å². The third-order valence-electron chi connectivity index (χ3n) is 5.78. The average Bonchev–Trinajstić information content (AvgIpc) is 3.22. The smallest absolute Gasteiger partial charge is 0.408 e. The first kappa shape index (κ1) is 24.5. The van der Waals surface area contributed by atoms with Crippen molar-refractivity contribution in [2.45, 2.75) is 38.0 Å². The van der Waals surface area contributed by atoms with E-state index in [9.17, 15) is 22.8 Å². The fraction of sp³-hybridized carbons (Fsp3) is 0.455. The van der Waals surface area contributed by atoms with Crippen molar-refractivity contribution in [2.24, 2.45) is 0 Å². The van der Waals surface area contributed by atoms with Crippen LogP contribution in [0.5, 0.6) is 5.75 Å². The highest BCUT2D eigenvalue weighted by atomic mass is 19.4. The van der Waals surface area contributed by atoms with E-state index in [0.717, 1.165) is 6.92 Å². The second-order valence-corrected chi connectivity index (χ2v) is 8.27. The van der Waals surface area contributed by atoms with E-state index in [4.69, 9.17) is 9.84 Å². The van der Waals surface area contributed by atoms with Crippen LogP contribution in [0.2, 0.25) is 0 Å². The molecule has 0 aromatic carbocycles. The number of nitrogens with zero attached hydrogens (tertiary/aromatic N) is 4. The van der Waals surface area contributed by atoms with Gasteiger partial charge in [-0.15, -0.1) is 0 Å². The van der Waals surface area contributed by atoms with Gasteiger partial charge in [0.05, 0.1) is 18.3 Å². The average molecular weight is 494 g/mol. The number of nitrogens with one attached hydrogen (secondary N) is 2. The van der Waals surface area contributed by atoms with Gasteiger partial charge in [0.1, 0.15) is 23.3 Å². The van der Waals surface area contributed by atoms with Crippen LogP contribution in [0.4, 0.5) is 35.3 Å². The third-order valence-corrected chi connectivity index (χ3v) is 5.78. The van der Waals surface area contributed by atoms with E-state index in [1.165, 1.54) is 23.2 Å². The SMILES string of the molecule is CC(NC(=O)c1ccc2c(n1)N(C(=O)Nc1cc(OCCCO)ccn1)[C@H]1CCN2C1)C(F)(F)F. The number of fused-ring (bicyclic) bond motifs is 4. The molecule has 1 fully saturated rings. The van der Waals surface area contributed by atoms with Crippen LogP contribution < -0.4 is 25.2 Å². The quantitative estimate of drug-likeness (QED) is 0.506. The molecular formula is C22H25F3N6O4. The van der Waals surface area contributed by atoms with Crippen LogP contribution >= 0.6 is 0 Å². The highest BCUT2D eigenvalue weighted by Gasteiger charge is 2.41. The first-order valence-electron chi connectivity index (χ1n) is 11.1. The summed E-state index contributed by atoms with van der Waals surface area (Å²) in [4.78, 5) is 37.6. The minimum atomic E-state index is -4.59. The fourth-order valence-electron chi connectivity index (χ4n) is 3.94. The molecule has 3 N–H and O–H groups in total. The molecule has 2 aromatic heterocycles. The van der Waals surface area contributed by atoms with Gasteiger partial charge in [-0.05, 0) is 31.5 Å². The number of ether oxygens (including phenoxy) is 1. The summed E-state index contributed by atoms with van der Waals surface area (Å²) < 4.78 is 44.1. The number of amides is 3. The molecule has 1 saturated heterocycles. The topological polar surface area (TPSA) is 120 Å². The van der Waals surface area contributed by atoms with Crippen LogP contribution in [0.1, 0.15) is 30.3 Å². The van der Waals surface area contributed by atoms with Crippen molar-refractivity contribution in [3.8, 4) is 5.75 Å². The maximum atomic E-state index is 13.3. The molecule has 2 aromatic rings. The van der Waals surface area contributed by atoms with Gasteiger partial charge in [-0.1, -0.05) is 0 Å². The van der Waals surface area contributed by atoms with Gasteiger partial charge in [0.15, 0.2) is 5.82 Å². The molecule has 3 amide bonds. The summed E-state index contributed by atoms with van der Waals surface area (Å²) in [6.07, 6.45) is -2.01. The van der Waals surface area contributed by atoms with Crippen molar-refractivity contribution in [3.63, 3.8) is 0 Å². The number of anilines is 3. The normalized spacial score (nSPS) is 17.6. The zero-order valence-corrected chi connectivity index (χ0v) is 18.9. The number of hydrogen-bond acceptors (Lipinski definition) is 7. The van der Waals surface area contributed by atoms with E-state index in [2.05, 4.69) is 15.3 Å². The lowest BCUT2D eigenvalue weighted by Crippen LogP contribution is -2.49. The third kappa shape index (κ3) is 5.39. The number of rotatable bonds is 7. The van der Waals surface area contributed by atoms with E-state index in [1.54, 1.807) is 12.1 Å². The highest BCUT2D eigenvalue weighted by Crippen LogP contribution is 2.39. The number of urea groups is 1. The van der Waals surface area contributed by atoms with Gasteiger partial charge in [-0.2, -0.15) is 13.2 Å². The largest absolute Gasteiger partial charge is 0.493 e. The van der Waals surface area contributed by atoms with Gasteiger partial charge >= 0.3 is 12.2 Å². The molecule has 188 valence electrons. The number of alkyl halides is 3. The lowest BCUT2D eigenvalue weighted by Gasteiger charge is -2.35. The van der Waals surface area contributed by atoms with Crippen LogP contribution in [-0.4, -0.2) is 71.6 Å². The number of carbonyl (C=O) groups is 2. The number of halogens is 3. The van der Waals surface area contributed by atoms with Crippen molar-refractivity contribution in [1.82, 2.24) is 15.3 Å². The molecule has 0 radical (unpaired) electrons. The molecule has 2 aliphatic rings. The van der Waals surface area contributed by atoms with Crippen LogP contribution in [0.25, 0.3) is 0 Å². The van der Waals surface area contributed by atoms with E-state index in [0.29, 0.717) is 44.0 Å². The van der Waals surface area contributed by atoms with E-state index >= 15 is 0 Å². The fourth-order valence-corrected chi connectivity index (χ4v) is 3.94. The standard InChI is InChI=1S/C22H25F3N6O4/c1-13(22(23,24)25)27-20(33)16-3-4-17-19(28-16)31(14-6-8-30(17)12-14)21(34)29-18-11-15(5-7-26-18)35-10-2-9-32/h3-5,7,11,13-14,32H,2,6,8-10,12H2,1H3,(H,27,33)(H,26,29,34)/t13?,14-/m0/s1. The summed E-state index contributed by atoms with van der Waals surface area (Å²) in [6.45, 7) is 2.37. The maximum absolute atomic E-state index is 13.3. The lowest BCUT2D eigenvalue weighted by molar-refractivity contribution is -0.149. The second-order valence-electron chi connectivity index (χ2n) is 8.27. The number of pyridine rings is 2. The van der Waals surface area contributed by atoms with Crippen molar-refractivity contribution in [3.05, 3.63) is 36.2 Å². The molecule has 35 heavy (non-hydrogen) atoms. The Morgan fingerprint density at radius 2 is 2.11 bits per heavy atom. The Labute approximate surface area is 199 Å². The Hall–Kier alpha value is -3.61. The molecule has 2 bridgehead atoms. The predicted octanol–water partition coefficient (Wildman–Crippen LogP) is 2.55. The molecule has 2 atom stereocenters. The molecule has 13 heteroatoms. The number of aliphatic hydroxyl groups is 1. The number of hydrogen-bond donors (Lipinski definition) is 3. The summed E-state index contributed by atoms with van der Waals surface area (Å²) in [5.74, 6) is -0.101. The van der Waals surface area contributed by atoms with Gasteiger partial charge in [-0.25, -0.2) is 14.8 Å². The molecule has 0 aliphatic carbocycles. The minimum Gasteiger partial charge on any atom is -0.493 e.